The first kappa shape index (κ1) is 12.3. The maximum atomic E-state index is 5.36. The fourth-order valence-corrected chi connectivity index (χ4v) is 2.70. The van der Waals surface area contributed by atoms with Gasteiger partial charge in [-0.25, -0.2) is 0 Å². The molecule has 2 saturated heterocycles. The molecule has 0 unspecified atom stereocenters. The lowest BCUT2D eigenvalue weighted by molar-refractivity contribution is 0.0361. The number of nitrogens with zero attached hydrogens (tertiary/aromatic N) is 2. The first-order chi connectivity index (χ1) is 7.95. The second-order valence-corrected chi connectivity index (χ2v) is 5.06. The summed E-state index contributed by atoms with van der Waals surface area (Å²) >= 11 is 0. The van der Waals surface area contributed by atoms with Crippen molar-refractivity contribution in [3.05, 3.63) is 0 Å². The molecule has 0 aliphatic carbocycles. The topological polar surface area (TPSA) is 15.7 Å². The predicted molar refractivity (Wildman–Crippen MR) is 66.8 cm³/mol. The van der Waals surface area contributed by atoms with Crippen LogP contribution >= 0.6 is 0 Å². The number of hydrogen-bond acceptors (Lipinski definition) is 3. The molecule has 3 nitrogen and oxygen atoms in total. The molecule has 2 rings (SSSR count). The zero-order valence-corrected chi connectivity index (χ0v) is 10.5. The van der Waals surface area contributed by atoms with E-state index in [2.05, 4.69) is 9.80 Å². The number of ether oxygens (including phenoxy) is 1. The van der Waals surface area contributed by atoms with Gasteiger partial charge in [-0.15, -0.1) is 0 Å². The Morgan fingerprint density at radius 1 is 0.688 bits per heavy atom. The first-order valence-electron chi connectivity index (χ1n) is 6.97. The molecule has 0 saturated carbocycles. The Kier molecular flexibility index (Phi) is 5.59. The maximum absolute atomic E-state index is 5.36. The zero-order chi connectivity index (χ0) is 11.1. The maximum Gasteiger partial charge on any atom is 0.0594 e. The van der Waals surface area contributed by atoms with Crippen molar-refractivity contribution in [2.75, 3.05) is 52.5 Å². The standard InChI is InChI=1S/C13H26N2O/c1-2-4-7-14(6-3-1)8-5-9-15-10-12-16-13-11-15/h1-13H2. The molecule has 0 atom stereocenters. The van der Waals surface area contributed by atoms with E-state index >= 15 is 0 Å². The summed E-state index contributed by atoms with van der Waals surface area (Å²) in [7, 11) is 0. The van der Waals surface area contributed by atoms with Crippen LogP contribution in [0.5, 0.6) is 0 Å². The Labute approximate surface area is 99.7 Å². The van der Waals surface area contributed by atoms with Gasteiger partial charge in [-0.1, -0.05) is 12.8 Å². The van der Waals surface area contributed by atoms with Crippen molar-refractivity contribution in [3.8, 4) is 0 Å². The fourth-order valence-electron chi connectivity index (χ4n) is 2.70. The number of hydrogen-bond donors (Lipinski definition) is 0. The van der Waals surface area contributed by atoms with Gasteiger partial charge in [0.15, 0.2) is 0 Å². The van der Waals surface area contributed by atoms with Crippen LogP contribution in [0, 0.1) is 0 Å². The summed E-state index contributed by atoms with van der Waals surface area (Å²) in [4.78, 5) is 5.20. The second-order valence-electron chi connectivity index (χ2n) is 5.06. The molecule has 0 bridgehead atoms. The van der Waals surface area contributed by atoms with Crippen LogP contribution in [0.3, 0.4) is 0 Å². The van der Waals surface area contributed by atoms with Crippen LogP contribution in [0.4, 0.5) is 0 Å². The molecular formula is C13H26N2O. The molecule has 2 aliphatic rings. The molecule has 2 aliphatic heterocycles. The van der Waals surface area contributed by atoms with Crippen molar-refractivity contribution in [3.63, 3.8) is 0 Å². The van der Waals surface area contributed by atoms with Gasteiger partial charge in [0.2, 0.25) is 0 Å². The minimum atomic E-state index is 0.934. The molecule has 3 heteroatoms. The minimum absolute atomic E-state index is 0.934. The van der Waals surface area contributed by atoms with Gasteiger partial charge in [-0.3, -0.25) is 4.90 Å². The Bertz CT molecular complexity index is 173. The molecule has 16 heavy (non-hydrogen) atoms. The van der Waals surface area contributed by atoms with Gasteiger partial charge in [-0.2, -0.15) is 0 Å². The molecule has 0 radical (unpaired) electrons. The lowest BCUT2D eigenvalue weighted by Gasteiger charge is -2.27. The summed E-state index contributed by atoms with van der Waals surface area (Å²) in [6.45, 7) is 9.39. The van der Waals surface area contributed by atoms with Gasteiger partial charge >= 0.3 is 0 Å². The third-order valence-electron chi connectivity index (χ3n) is 3.75. The van der Waals surface area contributed by atoms with E-state index < -0.39 is 0 Å². The highest BCUT2D eigenvalue weighted by atomic mass is 16.5. The Hall–Kier alpha value is -0.120. The van der Waals surface area contributed by atoms with Gasteiger partial charge in [0.1, 0.15) is 0 Å². The van der Waals surface area contributed by atoms with Gasteiger partial charge in [0, 0.05) is 13.1 Å². The highest BCUT2D eigenvalue weighted by Gasteiger charge is 2.11. The molecule has 0 aromatic rings. The first-order valence-corrected chi connectivity index (χ1v) is 6.97. The molecule has 0 N–H and O–H groups in total. The van der Waals surface area contributed by atoms with Crippen molar-refractivity contribution in [2.45, 2.75) is 32.1 Å². The van der Waals surface area contributed by atoms with Crippen LogP contribution < -0.4 is 0 Å². The summed E-state index contributed by atoms with van der Waals surface area (Å²) in [5.41, 5.74) is 0. The SMILES string of the molecule is C1CCCN(CCCN2CCOCC2)CC1. The van der Waals surface area contributed by atoms with E-state index in [0.29, 0.717) is 0 Å². The predicted octanol–water partition coefficient (Wildman–Crippen LogP) is 1.58. The number of morpholine rings is 1. The normalized spacial score (nSPS) is 25.5. The molecule has 0 spiro atoms. The fraction of sp³-hybridized carbons (Fsp3) is 1.00. The van der Waals surface area contributed by atoms with Gasteiger partial charge < -0.3 is 9.64 Å². The van der Waals surface area contributed by atoms with Crippen LogP contribution in [-0.2, 0) is 4.74 Å². The lowest BCUT2D eigenvalue weighted by Crippen LogP contribution is -2.38. The lowest BCUT2D eigenvalue weighted by atomic mass is 10.2. The van der Waals surface area contributed by atoms with E-state index in [1.54, 1.807) is 0 Å². The van der Waals surface area contributed by atoms with E-state index in [0.717, 1.165) is 26.3 Å². The van der Waals surface area contributed by atoms with Crippen molar-refractivity contribution in [1.29, 1.82) is 0 Å². The molecular weight excluding hydrogens is 200 g/mol. The zero-order valence-electron chi connectivity index (χ0n) is 10.5. The third-order valence-corrected chi connectivity index (χ3v) is 3.75. The van der Waals surface area contributed by atoms with E-state index in [9.17, 15) is 0 Å². The van der Waals surface area contributed by atoms with Crippen molar-refractivity contribution in [2.24, 2.45) is 0 Å². The van der Waals surface area contributed by atoms with Crippen LogP contribution in [0.1, 0.15) is 32.1 Å². The molecule has 0 aromatic carbocycles. The summed E-state index contributed by atoms with van der Waals surface area (Å²) in [6, 6.07) is 0. The van der Waals surface area contributed by atoms with E-state index in [1.807, 2.05) is 0 Å². The highest BCUT2D eigenvalue weighted by Crippen LogP contribution is 2.10. The Balaban J connectivity index is 1.55. The Morgan fingerprint density at radius 2 is 1.25 bits per heavy atom. The molecule has 2 fully saturated rings. The highest BCUT2D eigenvalue weighted by molar-refractivity contribution is 4.66. The second kappa shape index (κ2) is 7.25. The summed E-state index contributed by atoms with van der Waals surface area (Å²) in [5, 5.41) is 0. The van der Waals surface area contributed by atoms with Crippen molar-refractivity contribution < 1.29 is 4.74 Å². The molecule has 0 amide bonds. The van der Waals surface area contributed by atoms with Crippen molar-refractivity contribution in [1.82, 2.24) is 9.80 Å². The quantitative estimate of drug-likeness (QED) is 0.724. The monoisotopic (exact) mass is 226 g/mol. The van der Waals surface area contributed by atoms with Crippen LogP contribution in [0.25, 0.3) is 0 Å². The smallest absolute Gasteiger partial charge is 0.0594 e. The number of likely N-dealkylation sites (tertiary alicyclic amines) is 1. The van der Waals surface area contributed by atoms with Gasteiger partial charge in [0.25, 0.3) is 0 Å². The van der Waals surface area contributed by atoms with E-state index in [4.69, 9.17) is 4.74 Å². The van der Waals surface area contributed by atoms with Crippen LogP contribution in [0.15, 0.2) is 0 Å². The van der Waals surface area contributed by atoms with Crippen LogP contribution in [0.2, 0.25) is 0 Å². The van der Waals surface area contributed by atoms with Gasteiger partial charge in [0.05, 0.1) is 13.2 Å². The van der Waals surface area contributed by atoms with E-state index in [1.165, 1.54) is 58.3 Å². The average Bonchev–Trinajstić information content (AvgIpc) is 2.59. The Morgan fingerprint density at radius 3 is 1.88 bits per heavy atom. The van der Waals surface area contributed by atoms with E-state index in [-0.39, 0.29) is 0 Å². The number of rotatable bonds is 4. The molecule has 2 heterocycles. The largest absolute Gasteiger partial charge is 0.379 e. The van der Waals surface area contributed by atoms with Gasteiger partial charge in [-0.05, 0) is 45.4 Å². The summed E-state index contributed by atoms with van der Waals surface area (Å²) in [5.74, 6) is 0. The minimum Gasteiger partial charge on any atom is -0.379 e. The average molecular weight is 226 g/mol. The third kappa shape index (κ3) is 4.40. The van der Waals surface area contributed by atoms with Crippen LogP contribution in [-0.4, -0.2) is 62.3 Å². The molecule has 94 valence electrons. The van der Waals surface area contributed by atoms with Crippen molar-refractivity contribution >= 4 is 0 Å². The molecule has 0 aromatic heterocycles. The summed E-state index contributed by atoms with van der Waals surface area (Å²) in [6.07, 6.45) is 7.05. The summed E-state index contributed by atoms with van der Waals surface area (Å²) < 4.78 is 5.36.